The molecule has 3 heteroatoms. The zero-order valence-corrected chi connectivity index (χ0v) is 8.06. The molecule has 0 aliphatic rings. The van der Waals surface area contributed by atoms with E-state index in [9.17, 15) is 0 Å². The minimum atomic E-state index is 0.908. The van der Waals surface area contributed by atoms with Crippen molar-refractivity contribution in [2.45, 2.75) is 6.42 Å². The van der Waals surface area contributed by atoms with E-state index in [1.807, 2.05) is 25.2 Å². The van der Waals surface area contributed by atoms with E-state index in [0.717, 1.165) is 23.3 Å². The van der Waals surface area contributed by atoms with Crippen molar-refractivity contribution >= 4 is 15.9 Å². The molecule has 0 saturated carbocycles. The van der Waals surface area contributed by atoms with Crippen LogP contribution in [0.3, 0.4) is 0 Å². The van der Waals surface area contributed by atoms with Crippen molar-refractivity contribution < 1.29 is 0 Å². The molecular weight excluding hydrogens is 204 g/mol. The van der Waals surface area contributed by atoms with E-state index >= 15 is 0 Å². The monoisotopic (exact) mass is 214 g/mol. The molecule has 0 radical (unpaired) electrons. The Morgan fingerprint density at radius 3 is 3.00 bits per heavy atom. The van der Waals surface area contributed by atoms with Crippen molar-refractivity contribution in [2.75, 3.05) is 13.6 Å². The summed E-state index contributed by atoms with van der Waals surface area (Å²) in [7, 11) is 1.94. The van der Waals surface area contributed by atoms with Crippen LogP contribution in [0.25, 0.3) is 0 Å². The van der Waals surface area contributed by atoms with E-state index in [1.54, 1.807) is 0 Å². The first-order chi connectivity index (χ1) is 5.33. The molecule has 2 nitrogen and oxygen atoms in total. The van der Waals surface area contributed by atoms with E-state index in [1.165, 1.54) is 0 Å². The average Bonchev–Trinajstić information content (AvgIpc) is 2.01. The Morgan fingerprint density at radius 2 is 2.36 bits per heavy atom. The van der Waals surface area contributed by atoms with Gasteiger partial charge in [0.25, 0.3) is 0 Å². The van der Waals surface area contributed by atoms with Gasteiger partial charge in [-0.05, 0) is 35.1 Å². The minimum absolute atomic E-state index is 0.908. The van der Waals surface area contributed by atoms with Gasteiger partial charge in [-0.1, -0.05) is 6.07 Å². The number of likely N-dealkylation sites (N-methyl/N-ethyl adjacent to an activating group) is 1. The molecule has 0 saturated heterocycles. The van der Waals surface area contributed by atoms with E-state index in [2.05, 4.69) is 26.2 Å². The molecule has 60 valence electrons. The van der Waals surface area contributed by atoms with Crippen LogP contribution in [0.15, 0.2) is 22.8 Å². The van der Waals surface area contributed by atoms with Crippen molar-refractivity contribution in [1.29, 1.82) is 0 Å². The summed E-state index contributed by atoms with van der Waals surface area (Å²) < 4.78 is 0.908. The second kappa shape index (κ2) is 4.46. The predicted molar refractivity (Wildman–Crippen MR) is 49.6 cm³/mol. The second-order valence-electron chi connectivity index (χ2n) is 2.31. The first-order valence-corrected chi connectivity index (χ1v) is 4.38. The van der Waals surface area contributed by atoms with Crippen molar-refractivity contribution in [2.24, 2.45) is 0 Å². The number of pyridine rings is 1. The number of aromatic nitrogens is 1. The molecule has 1 aromatic heterocycles. The van der Waals surface area contributed by atoms with Crippen LogP contribution in [-0.2, 0) is 6.42 Å². The van der Waals surface area contributed by atoms with Crippen molar-refractivity contribution in [3.05, 3.63) is 28.5 Å². The highest BCUT2D eigenvalue weighted by Crippen LogP contribution is 2.05. The zero-order valence-electron chi connectivity index (χ0n) is 6.47. The topological polar surface area (TPSA) is 24.9 Å². The fraction of sp³-hybridized carbons (Fsp3) is 0.375. The molecule has 0 aliphatic carbocycles. The zero-order chi connectivity index (χ0) is 8.10. The van der Waals surface area contributed by atoms with Gasteiger partial charge in [0, 0.05) is 18.7 Å². The van der Waals surface area contributed by atoms with Crippen LogP contribution in [0, 0.1) is 0 Å². The lowest BCUT2D eigenvalue weighted by Gasteiger charge is -1.98. The van der Waals surface area contributed by atoms with Gasteiger partial charge in [-0.15, -0.1) is 0 Å². The van der Waals surface area contributed by atoms with E-state index in [4.69, 9.17) is 0 Å². The molecule has 0 aromatic carbocycles. The molecule has 0 spiro atoms. The highest BCUT2D eigenvalue weighted by molar-refractivity contribution is 9.10. The molecule has 0 amide bonds. The number of nitrogens with one attached hydrogen (secondary N) is 1. The largest absolute Gasteiger partial charge is 0.319 e. The average molecular weight is 215 g/mol. The molecule has 1 rings (SSSR count). The summed E-state index contributed by atoms with van der Waals surface area (Å²) in [4.78, 5) is 4.29. The fourth-order valence-corrected chi connectivity index (χ4v) is 1.22. The van der Waals surface area contributed by atoms with E-state index < -0.39 is 0 Å². The van der Waals surface area contributed by atoms with Gasteiger partial charge in [0.15, 0.2) is 0 Å². The third-order valence-corrected chi connectivity index (χ3v) is 1.85. The fourth-order valence-electron chi connectivity index (χ4n) is 0.843. The molecule has 11 heavy (non-hydrogen) atoms. The van der Waals surface area contributed by atoms with E-state index in [0.29, 0.717) is 0 Å². The standard InChI is InChI=1S/C8H11BrN2/c1-10-6-5-7-3-2-4-8(9)11-7/h2-4,10H,5-6H2,1H3. The Labute approximate surface area is 75.2 Å². The summed E-state index contributed by atoms with van der Waals surface area (Å²) in [6.45, 7) is 0.976. The van der Waals surface area contributed by atoms with Crippen molar-refractivity contribution in [3.8, 4) is 0 Å². The first-order valence-electron chi connectivity index (χ1n) is 3.59. The summed E-state index contributed by atoms with van der Waals surface area (Å²) in [5, 5.41) is 3.08. The first kappa shape index (κ1) is 8.68. The second-order valence-corrected chi connectivity index (χ2v) is 3.12. The van der Waals surface area contributed by atoms with Gasteiger partial charge in [0.1, 0.15) is 4.60 Å². The maximum Gasteiger partial charge on any atom is 0.106 e. The Hall–Kier alpha value is -0.410. The lowest BCUT2D eigenvalue weighted by molar-refractivity contribution is 0.775. The van der Waals surface area contributed by atoms with Crippen LogP contribution in [0.2, 0.25) is 0 Å². The van der Waals surface area contributed by atoms with Gasteiger partial charge in [-0.3, -0.25) is 0 Å². The number of rotatable bonds is 3. The number of nitrogens with zero attached hydrogens (tertiary/aromatic N) is 1. The highest BCUT2D eigenvalue weighted by atomic mass is 79.9. The molecule has 0 unspecified atom stereocenters. The third-order valence-electron chi connectivity index (χ3n) is 1.40. The molecule has 1 aromatic rings. The molecule has 0 aliphatic heterocycles. The Morgan fingerprint density at radius 1 is 1.55 bits per heavy atom. The van der Waals surface area contributed by atoms with Crippen molar-refractivity contribution in [3.63, 3.8) is 0 Å². The molecule has 1 N–H and O–H groups in total. The lowest BCUT2D eigenvalue weighted by Crippen LogP contribution is -2.10. The smallest absolute Gasteiger partial charge is 0.106 e. The summed E-state index contributed by atoms with van der Waals surface area (Å²) in [6.07, 6.45) is 0.982. The summed E-state index contributed by atoms with van der Waals surface area (Å²) in [5.74, 6) is 0. The van der Waals surface area contributed by atoms with Crippen molar-refractivity contribution in [1.82, 2.24) is 10.3 Å². The van der Waals surface area contributed by atoms with Crippen LogP contribution < -0.4 is 5.32 Å². The quantitative estimate of drug-likeness (QED) is 0.774. The van der Waals surface area contributed by atoms with Gasteiger partial charge in [0.05, 0.1) is 0 Å². The summed E-state index contributed by atoms with van der Waals surface area (Å²) in [6, 6.07) is 5.97. The SMILES string of the molecule is CNCCc1cccc(Br)n1. The normalized spacial score (nSPS) is 10.0. The third kappa shape index (κ3) is 2.99. The van der Waals surface area contributed by atoms with Crippen LogP contribution in [0.1, 0.15) is 5.69 Å². The van der Waals surface area contributed by atoms with Gasteiger partial charge in [-0.2, -0.15) is 0 Å². The maximum absolute atomic E-state index is 4.29. The minimum Gasteiger partial charge on any atom is -0.319 e. The number of hydrogen-bond acceptors (Lipinski definition) is 2. The van der Waals surface area contributed by atoms with Gasteiger partial charge in [-0.25, -0.2) is 4.98 Å². The predicted octanol–water partition coefficient (Wildman–Crippen LogP) is 1.61. The number of hydrogen-bond donors (Lipinski definition) is 1. The molecule has 1 heterocycles. The van der Waals surface area contributed by atoms with Gasteiger partial charge in [0.2, 0.25) is 0 Å². The lowest BCUT2D eigenvalue weighted by atomic mass is 10.3. The van der Waals surface area contributed by atoms with Crippen LogP contribution in [0.5, 0.6) is 0 Å². The van der Waals surface area contributed by atoms with E-state index in [-0.39, 0.29) is 0 Å². The molecule has 0 atom stereocenters. The van der Waals surface area contributed by atoms with Gasteiger partial charge >= 0.3 is 0 Å². The van der Waals surface area contributed by atoms with Crippen LogP contribution in [-0.4, -0.2) is 18.6 Å². The summed E-state index contributed by atoms with van der Waals surface area (Å²) >= 11 is 3.32. The Balaban J connectivity index is 2.56. The summed E-state index contributed by atoms with van der Waals surface area (Å²) in [5.41, 5.74) is 1.12. The van der Waals surface area contributed by atoms with Crippen LogP contribution >= 0.6 is 15.9 Å². The molecule has 0 bridgehead atoms. The Kier molecular flexibility index (Phi) is 3.52. The Bertz CT molecular complexity index is 225. The maximum atomic E-state index is 4.29. The number of halogens is 1. The van der Waals surface area contributed by atoms with Gasteiger partial charge < -0.3 is 5.32 Å². The highest BCUT2D eigenvalue weighted by Gasteiger charge is 1.93. The van der Waals surface area contributed by atoms with Crippen LogP contribution in [0.4, 0.5) is 0 Å². The molecular formula is C8H11BrN2. The molecule has 0 fully saturated rings.